The molecule has 1 saturated heterocycles. The van der Waals surface area contributed by atoms with Crippen molar-refractivity contribution in [2.75, 3.05) is 18.5 Å². The van der Waals surface area contributed by atoms with E-state index >= 15 is 4.39 Å². The first-order chi connectivity index (χ1) is 16.0. The molecule has 0 radical (unpaired) electrons. The van der Waals surface area contributed by atoms with E-state index in [1.54, 1.807) is 0 Å². The lowest BCUT2D eigenvalue weighted by Gasteiger charge is -2.33. The van der Waals surface area contributed by atoms with E-state index in [0.29, 0.717) is 25.0 Å². The Hall–Kier alpha value is -2.75. The number of pyridine rings is 1. The molecule has 0 aliphatic carbocycles. The molecule has 0 spiro atoms. The van der Waals surface area contributed by atoms with Gasteiger partial charge >= 0.3 is 0 Å². The molecule has 1 fully saturated rings. The van der Waals surface area contributed by atoms with Crippen molar-refractivity contribution in [2.45, 2.75) is 50.9 Å². The highest BCUT2D eigenvalue weighted by molar-refractivity contribution is 5.88. The Morgan fingerprint density at radius 1 is 1.25 bits per heavy atom. The molecule has 2 aliphatic rings. The average Bonchev–Trinajstić information content (AvgIpc) is 2.74. The summed E-state index contributed by atoms with van der Waals surface area (Å²) in [4.78, 5) is 12.4. The van der Waals surface area contributed by atoms with Crippen molar-refractivity contribution in [3.63, 3.8) is 0 Å². The highest BCUT2D eigenvalue weighted by Gasteiger charge is 2.27. The lowest BCUT2D eigenvalue weighted by atomic mass is 9.87. The number of hydrogen-bond acceptors (Lipinski definition) is 7. The highest BCUT2D eigenvalue weighted by Crippen LogP contribution is 2.33. The number of fused-ring (bicyclic) bond motifs is 3. The minimum absolute atomic E-state index is 0.00558. The molecular weight excluding hydrogens is 416 g/mol. The fraction of sp³-hybridized carbons (Fsp3) is 0.435. The Balaban J connectivity index is 1.61. The maximum atomic E-state index is 15.1. The number of rotatable bonds is 3. The smallest absolute Gasteiger partial charge is 0.223 e. The summed E-state index contributed by atoms with van der Waals surface area (Å²) >= 11 is 0. The molecule has 0 amide bonds. The van der Waals surface area contributed by atoms with Crippen molar-refractivity contribution in [2.24, 2.45) is 0 Å². The summed E-state index contributed by atoms with van der Waals surface area (Å²) in [5, 5.41) is 16.3. The largest absolute Gasteiger partial charge is 0.389 e. The zero-order valence-electron chi connectivity index (χ0n) is 19.7. The minimum Gasteiger partial charge on any atom is -0.389 e. The Labute approximate surface area is 187 Å². The lowest BCUT2D eigenvalue weighted by molar-refractivity contribution is -0.0136. The van der Waals surface area contributed by atoms with Gasteiger partial charge in [-0.15, -0.1) is 0 Å². The molecule has 2 aliphatic heterocycles. The van der Waals surface area contributed by atoms with Gasteiger partial charge in [-0.1, -0.05) is 0 Å². The van der Waals surface area contributed by atoms with E-state index in [1.807, 2.05) is 13.8 Å². The van der Waals surface area contributed by atoms with Crippen molar-refractivity contribution in [1.29, 1.82) is 0 Å². The Morgan fingerprint density at radius 3 is 2.91 bits per heavy atom. The zero-order valence-corrected chi connectivity index (χ0v) is 17.7. The van der Waals surface area contributed by atoms with Crippen molar-refractivity contribution in [1.82, 2.24) is 20.3 Å². The molecule has 0 unspecified atom stereocenters. The lowest BCUT2D eigenvalue weighted by Crippen LogP contribution is -2.44. The van der Waals surface area contributed by atoms with Gasteiger partial charge in [0.1, 0.15) is 17.0 Å². The maximum absolute atomic E-state index is 15.1. The molecule has 3 N–H and O–H groups in total. The number of aliphatic hydroxyl groups excluding tert-OH is 1. The molecule has 1 aromatic carbocycles. The second-order valence-corrected chi connectivity index (χ2v) is 8.90. The molecule has 9 heteroatoms. The summed E-state index contributed by atoms with van der Waals surface area (Å²) in [6, 6.07) is 2.29. The summed E-state index contributed by atoms with van der Waals surface area (Å²) in [7, 11) is 0. The number of anilines is 1. The van der Waals surface area contributed by atoms with Gasteiger partial charge in [-0.05, 0) is 49.9 Å². The van der Waals surface area contributed by atoms with Gasteiger partial charge in [0, 0.05) is 38.5 Å². The van der Waals surface area contributed by atoms with Crippen LogP contribution in [0.3, 0.4) is 0 Å². The summed E-state index contributed by atoms with van der Waals surface area (Å²) in [5.74, 6) is -1.37. The van der Waals surface area contributed by atoms with Gasteiger partial charge in [-0.2, -0.15) is 0 Å². The van der Waals surface area contributed by atoms with Crippen LogP contribution in [0.15, 0.2) is 24.5 Å². The van der Waals surface area contributed by atoms with Gasteiger partial charge in [0.25, 0.3) is 0 Å². The van der Waals surface area contributed by atoms with Crippen LogP contribution in [0, 0.1) is 11.6 Å². The highest BCUT2D eigenvalue weighted by atomic mass is 19.1. The summed E-state index contributed by atoms with van der Waals surface area (Å²) in [6.45, 7) is 2.46. The van der Waals surface area contributed by atoms with Crippen LogP contribution < -0.4 is 10.6 Å². The summed E-state index contributed by atoms with van der Waals surface area (Å²) < 4.78 is 52.3. The fourth-order valence-electron chi connectivity index (χ4n) is 4.17. The Kier molecular flexibility index (Phi) is 4.69. The third-order valence-electron chi connectivity index (χ3n) is 5.82. The number of nitrogens with zero attached hydrogens (tertiary/aromatic N) is 3. The van der Waals surface area contributed by atoms with E-state index in [1.165, 1.54) is 12.3 Å². The van der Waals surface area contributed by atoms with Crippen molar-refractivity contribution in [3.8, 4) is 11.3 Å². The third-order valence-corrected chi connectivity index (χ3v) is 5.82. The van der Waals surface area contributed by atoms with Gasteiger partial charge in [-0.25, -0.2) is 18.7 Å². The molecule has 2 aromatic heterocycles. The third kappa shape index (κ3) is 3.92. The molecular formula is C23H25F2N5O2. The number of halogens is 2. The van der Waals surface area contributed by atoms with E-state index in [0.717, 1.165) is 12.3 Å². The maximum Gasteiger partial charge on any atom is 0.223 e. The van der Waals surface area contributed by atoms with Crippen LogP contribution in [0.4, 0.5) is 14.7 Å². The van der Waals surface area contributed by atoms with E-state index in [4.69, 9.17) is 7.48 Å². The Morgan fingerprint density at radius 2 is 2.09 bits per heavy atom. The van der Waals surface area contributed by atoms with Gasteiger partial charge in [0.05, 0.1) is 24.9 Å². The van der Waals surface area contributed by atoms with Crippen LogP contribution >= 0.6 is 0 Å². The van der Waals surface area contributed by atoms with E-state index in [9.17, 15) is 9.50 Å². The molecule has 7 nitrogen and oxygen atoms in total. The number of ether oxygens (including phenoxy) is 1. The van der Waals surface area contributed by atoms with Crippen molar-refractivity contribution in [3.05, 3.63) is 47.3 Å². The van der Waals surface area contributed by atoms with Gasteiger partial charge in [0.15, 0.2) is 5.82 Å². The minimum atomic E-state index is -1.94. The molecule has 0 saturated carbocycles. The second-order valence-electron chi connectivity index (χ2n) is 8.90. The quantitative estimate of drug-likeness (QED) is 0.573. The average molecular weight is 443 g/mol. The molecule has 32 heavy (non-hydrogen) atoms. The van der Waals surface area contributed by atoms with E-state index < -0.39 is 29.8 Å². The van der Waals surface area contributed by atoms with Gasteiger partial charge in [0.2, 0.25) is 5.95 Å². The fourth-order valence-corrected chi connectivity index (χ4v) is 4.17. The first-order valence-electron chi connectivity index (χ1n) is 11.5. The van der Waals surface area contributed by atoms with Crippen molar-refractivity contribution < 1.29 is 21.4 Å². The number of benzene rings is 1. The molecule has 168 valence electrons. The van der Waals surface area contributed by atoms with E-state index in [2.05, 4.69) is 25.6 Å². The predicted octanol–water partition coefficient (Wildman–Crippen LogP) is 2.96. The predicted molar refractivity (Wildman–Crippen MR) is 116 cm³/mol. The van der Waals surface area contributed by atoms with Gasteiger partial charge in [-0.3, -0.25) is 4.98 Å². The molecule has 5 rings (SSSR count). The second kappa shape index (κ2) is 7.99. The monoisotopic (exact) mass is 443 g/mol. The number of nitrogens with one attached hydrogen (secondary N) is 2. The van der Waals surface area contributed by atoms with Crippen LogP contribution in [0.1, 0.15) is 34.1 Å². The van der Waals surface area contributed by atoms with E-state index in [-0.39, 0.29) is 46.3 Å². The molecule has 0 bridgehead atoms. The molecule has 3 aromatic rings. The summed E-state index contributed by atoms with van der Waals surface area (Å²) in [5.41, 5.74) is 0.438. The standard InChI is InChI=1S/C23H25F2N5O2/c1-23(2)7-13-8-26-21-14(15(13)9-28-23)5-12(6-16(21)24)20-17(25)10-27-22(30-20)29-18-3-4-32-11-19(18)31/h5-6,8,10,18-19,28,31H,3-4,7,9,11H2,1-2H3,(H,27,29,30)/t18-,19-/m1/s1/i9D2. The van der Waals surface area contributed by atoms with Gasteiger partial charge < -0.3 is 20.5 Å². The SMILES string of the molecule is [2H]C1([2H])NC(C)(C)Cc2cnc3c(F)cc(-c4nc(N[C@@H]5CCOC[C@H]5O)ncc4F)cc3c21. The normalized spacial score (nSPS) is 25.0. The zero-order chi connectivity index (χ0) is 24.3. The first-order valence-corrected chi connectivity index (χ1v) is 10.5. The van der Waals surface area contributed by atoms with Crippen molar-refractivity contribution >= 4 is 16.9 Å². The number of aliphatic hydroxyl groups is 1. The topological polar surface area (TPSA) is 92.2 Å². The Bertz CT molecular complexity index is 1270. The first kappa shape index (κ1) is 18.8. The van der Waals surface area contributed by atoms with Crippen LogP contribution in [0.2, 0.25) is 0 Å². The van der Waals surface area contributed by atoms with Crippen LogP contribution in [0.25, 0.3) is 22.2 Å². The van der Waals surface area contributed by atoms with Crippen LogP contribution in [-0.4, -0.2) is 51.0 Å². The molecule has 4 heterocycles. The molecule has 2 atom stereocenters. The van der Waals surface area contributed by atoms with Crippen LogP contribution in [0.5, 0.6) is 0 Å². The number of hydrogen-bond donors (Lipinski definition) is 3. The number of aromatic nitrogens is 3. The summed E-state index contributed by atoms with van der Waals surface area (Å²) in [6.07, 6.45) is 2.76. The van der Waals surface area contributed by atoms with Crippen LogP contribution in [-0.2, 0) is 17.7 Å².